The highest BCUT2D eigenvalue weighted by Gasteiger charge is 2.25. The minimum absolute atomic E-state index is 0.223. The summed E-state index contributed by atoms with van der Waals surface area (Å²) in [4.78, 5) is 28.9. The Morgan fingerprint density at radius 3 is 2.61 bits per heavy atom. The monoisotopic (exact) mass is 447 g/mol. The molecule has 1 amide bonds. The van der Waals surface area contributed by atoms with Crippen molar-refractivity contribution in [1.29, 1.82) is 0 Å². The number of piperazine rings is 1. The second kappa shape index (κ2) is 8.08. The van der Waals surface area contributed by atoms with Crippen molar-refractivity contribution in [1.82, 2.24) is 24.7 Å². The van der Waals surface area contributed by atoms with Crippen molar-refractivity contribution in [3.8, 4) is 0 Å². The normalized spacial score (nSPS) is 18.8. The Hall–Kier alpha value is -3.59. The van der Waals surface area contributed by atoms with E-state index in [9.17, 15) is 9.18 Å². The number of benzene rings is 1. The van der Waals surface area contributed by atoms with Crippen LogP contribution in [0.25, 0.3) is 16.7 Å². The number of carbonyl (C=O) groups is 1. The lowest BCUT2D eigenvalue weighted by Gasteiger charge is -2.38. The van der Waals surface area contributed by atoms with Gasteiger partial charge in [-0.15, -0.1) is 0 Å². The third kappa shape index (κ3) is 4.00. The Morgan fingerprint density at radius 1 is 1.09 bits per heavy atom. The Balaban J connectivity index is 1.53. The predicted molar refractivity (Wildman–Crippen MR) is 126 cm³/mol. The van der Waals surface area contributed by atoms with Crippen molar-refractivity contribution < 1.29 is 9.18 Å². The molecule has 0 spiro atoms. The van der Waals surface area contributed by atoms with Crippen molar-refractivity contribution in [2.45, 2.75) is 39.8 Å². The largest absolute Gasteiger partial charge is 0.367 e. The lowest BCUT2D eigenvalue weighted by Crippen LogP contribution is -2.54. The maximum atomic E-state index is 14.5. The molecule has 2 atom stereocenters. The van der Waals surface area contributed by atoms with E-state index in [-0.39, 0.29) is 11.6 Å². The van der Waals surface area contributed by atoms with E-state index >= 15 is 0 Å². The van der Waals surface area contributed by atoms with Gasteiger partial charge in [0, 0.05) is 49.8 Å². The molecule has 1 fully saturated rings. The van der Waals surface area contributed by atoms with Gasteiger partial charge in [0.2, 0.25) is 0 Å². The summed E-state index contributed by atoms with van der Waals surface area (Å²) in [5.41, 5.74) is 4.59. The number of amides is 1. The van der Waals surface area contributed by atoms with Crippen LogP contribution in [0, 0.1) is 19.7 Å². The molecular formula is C24H26FN7O. The summed E-state index contributed by atoms with van der Waals surface area (Å²) in [6, 6.07) is 5.64. The predicted octanol–water partition coefficient (Wildman–Crippen LogP) is 3.47. The summed E-state index contributed by atoms with van der Waals surface area (Å²) in [6.45, 7) is 9.66. The van der Waals surface area contributed by atoms with Crippen LogP contribution in [0.15, 0.2) is 36.8 Å². The average Bonchev–Trinajstić information content (AvgIpc) is 3.12. The summed E-state index contributed by atoms with van der Waals surface area (Å²) < 4.78 is 16.0. The van der Waals surface area contributed by atoms with E-state index in [0.717, 1.165) is 24.5 Å². The molecule has 5 rings (SSSR count). The molecule has 0 aliphatic carbocycles. The molecule has 4 heterocycles. The summed E-state index contributed by atoms with van der Waals surface area (Å²) in [5.74, 6) is -0.874. The van der Waals surface area contributed by atoms with Gasteiger partial charge in [-0.05, 0) is 39.8 Å². The van der Waals surface area contributed by atoms with Gasteiger partial charge in [-0.3, -0.25) is 9.78 Å². The molecule has 0 unspecified atom stereocenters. The van der Waals surface area contributed by atoms with Crippen molar-refractivity contribution in [2.24, 2.45) is 0 Å². The van der Waals surface area contributed by atoms with Gasteiger partial charge in [-0.2, -0.15) is 0 Å². The molecule has 3 aromatic heterocycles. The maximum Gasteiger partial charge on any atom is 0.257 e. The lowest BCUT2D eigenvalue weighted by atomic mass is 10.1. The number of fused-ring (bicyclic) bond motifs is 2. The number of carbonyl (C=O) groups excluding carboxylic acids is 1. The van der Waals surface area contributed by atoms with Gasteiger partial charge in [-0.25, -0.2) is 14.4 Å². The van der Waals surface area contributed by atoms with Gasteiger partial charge in [-0.1, -0.05) is 0 Å². The van der Waals surface area contributed by atoms with Gasteiger partial charge in [0.1, 0.15) is 11.0 Å². The number of aryl methyl sites for hydroxylation is 2. The lowest BCUT2D eigenvalue weighted by molar-refractivity contribution is 0.102. The first-order valence-electron chi connectivity index (χ1n) is 11.0. The highest BCUT2D eigenvalue weighted by Crippen LogP contribution is 2.29. The highest BCUT2D eigenvalue weighted by molar-refractivity contribution is 6.13. The molecule has 0 saturated carbocycles. The SMILES string of the molecule is Cc1cnc2c(C(=O)Nc3cc(F)c4nc(C)cn4c3)ccc(N3C[C@@H](C)N[C@H](C)C3)c2n1. The standard InChI is InChI=1S/C24H26FN7O/c1-13-8-26-21-18(5-6-20(22(21)28-13)31-9-14(2)27-15(3)10-31)24(33)30-17-7-19(25)23-29-16(4)11-32(23)12-17/h5-8,11-12,14-15,27H,9-10H2,1-4H3,(H,30,33)/t14-,15-/m1/s1. The Bertz CT molecular complexity index is 1370. The number of imidazole rings is 1. The first-order chi connectivity index (χ1) is 15.8. The van der Waals surface area contributed by atoms with Crippen LogP contribution in [0.4, 0.5) is 15.8 Å². The molecule has 2 N–H and O–H groups in total. The van der Waals surface area contributed by atoms with Gasteiger partial charge < -0.3 is 19.9 Å². The third-order valence-electron chi connectivity index (χ3n) is 5.83. The minimum Gasteiger partial charge on any atom is -0.367 e. The molecule has 8 nitrogen and oxygen atoms in total. The molecule has 0 bridgehead atoms. The summed E-state index contributed by atoms with van der Waals surface area (Å²) in [7, 11) is 0. The summed E-state index contributed by atoms with van der Waals surface area (Å²) in [5, 5.41) is 6.34. The van der Waals surface area contributed by atoms with E-state index in [4.69, 9.17) is 4.98 Å². The second-order valence-electron chi connectivity index (χ2n) is 8.86. The first kappa shape index (κ1) is 21.3. The average molecular weight is 448 g/mol. The van der Waals surface area contributed by atoms with Gasteiger partial charge in [0.25, 0.3) is 5.91 Å². The fourth-order valence-corrected chi connectivity index (χ4v) is 4.58. The van der Waals surface area contributed by atoms with Crippen LogP contribution in [0.3, 0.4) is 0 Å². The van der Waals surface area contributed by atoms with Crippen molar-refractivity contribution in [3.05, 3.63) is 59.6 Å². The molecule has 33 heavy (non-hydrogen) atoms. The topological polar surface area (TPSA) is 87.5 Å². The fourth-order valence-electron chi connectivity index (χ4n) is 4.58. The zero-order valence-electron chi connectivity index (χ0n) is 19.1. The Morgan fingerprint density at radius 2 is 1.85 bits per heavy atom. The van der Waals surface area contributed by atoms with E-state index in [1.807, 2.05) is 13.0 Å². The zero-order chi connectivity index (χ0) is 23.3. The zero-order valence-corrected chi connectivity index (χ0v) is 19.1. The smallest absolute Gasteiger partial charge is 0.257 e. The molecule has 1 aliphatic rings. The number of rotatable bonds is 3. The van der Waals surface area contributed by atoms with Crippen LogP contribution in [0.1, 0.15) is 35.6 Å². The number of halogens is 1. The first-order valence-corrected chi connectivity index (χ1v) is 11.0. The number of nitrogens with one attached hydrogen (secondary N) is 2. The molecule has 0 radical (unpaired) electrons. The van der Waals surface area contributed by atoms with Crippen molar-refractivity contribution in [3.63, 3.8) is 0 Å². The van der Waals surface area contributed by atoms with Crippen LogP contribution in [-0.4, -0.2) is 50.4 Å². The summed E-state index contributed by atoms with van der Waals surface area (Å²) in [6.07, 6.45) is 5.01. The number of pyridine rings is 1. The fraction of sp³-hybridized carbons (Fsp3) is 0.333. The van der Waals surface area contributed by atoms with Gasteiger partial charge >= 0.3 is 0 Å². The van der Waals surface area contributed by atoms with Gasteiger partial charge in [0.05, 0.1) is 28.3 Å². The molecule has 1 aliphatic heterocycles. The van der Waals surface area contributed by atoms with E-state index in [0.29, 0.717) is 40.1 Å². The number of hydrogen-bond donors (Lipinski definition) is 2. The Kier molecular flexibility index (Phi) is 5.20. The maximum absolute atomic E-state index is 14.5. The molecule has 4 aromatic rings. The van der Waals surface area contributed by atoms with Crippen LogP contribution in [-0.2, 0) is 0 Å². The van der Waals surface area contributed by atoms with Crippen molar-refractivity contribution in [2.75, 3.05) is 23.3 Å². The quantitative estimate of drug-likeness (QED) is 0.500. The molecule has 1 aromatic carbocycles. The molecule has 9 heteroatoms. The number of hydrogen-bond acceptors (Lipinski definition) is 6. The molecule has 170 valence electrons. The van der Waals surface area contributed by atoms with E-state index in [1.165, 1.54) is 6.07 Å². The second-order valence-corrected chi connectivity index (χ2v) is 8.86. The molecular weight excluding hydrogens is 421 g/mol. The van der Waals surface area contributed by atoms with Crippen molar-refractivity contribution >= 4 is 34.0 Å². The highest BCUT2D eigenvalue weighted by atomic mass is 19.1. The number of nitrogens with zero attached hydrogens (tertiary/aromatic N) is 5. The number of aromatic nitrogens is 4. The molecule has 1 saturated heterocycles. The van der Waals surface area contributed by atoms with Crippen LogP contribution >= 0.6 is 0 Å². The third-order valence-corrected chi connectivity index (χ3v) is 5.83. The Labute approximate surface area is 190 Å². The van der Waals surface area contributed by atoms with E-state index in [1.54, 1.807) is 36.0 Å². The van der Waals surface area contributed by atoms with E-state index in [2.05, 4.69) is 39.3 Å². The van der Waals surface area contributed by atoms with Crippen LogP contribution < -0.4 is 15.5 Å². The minimum atomic E-state index is -0.501. The van der Waals surface area contributed by atoms with E-state index < -0.39 is 5.82 Å². The number of anilines is 2. The van der Waals surface area contributed by atoms with Crippen LogP contribution in [0.2, 0.25) is 0 Å². The van der Waals surface area contributed by atoms with Gasteiger partial charge in [0.15, 0.2) is 11.5 Å². The van der Waals surface area contributed by atoms with Crippen LogP contribution in [0.5, 0.6) is 0 Å². The summed E-state index contributed by atoms with van der Waals surface area (Å²) >= 11 is 0.